The number of aromatic nitrogens is 1. The molecular formula is C14H20N2O2. The maximum atomic E-state index is 11.2. The van der Waals surface area contributed by atoms with E-state index in [1.165, 1.54) is 24.8 Å². The highest BCUT2D eigenvalue weighted by Gasteiger charge is 2.15. The summed E-state index contributed by atoms with van der Waals surface area (Å²) in [6, 6.07) is 4.23. The smallest absolute Gasteiger partial charge is 0.307 e. The van der Waals surface area contributed by atoms with Crippen molar-refractivity contribution in [2.75, 3.05) is 25.1 Å². The quantitative estimate of drug-likeness (QED) is 0.747. The van der Waals surface area contributed by atoms with Crippen LogP contribution in [0, 0.1) is 0 Å². The minimum atomic E-state index is -0.172. The third-order valence-electron chi connectivity index (χ3n) is 3.43. The van der Waals surface area contributed by atoms with Gasteiger partial charge in [-0.2, -0.15) is 0 Å². The fraction of sp³-hybridized carbons (Fsp3) is 0.571. The van der Waals surface area contributed by atoms with E-state index in [2.05, 4.69) is 28.7 Å². The minimum Gasteiger partial charge on any atom is -0.469 e. The topological polar surface area (TPSA) is 42.4 Å². The zero-order chi connectivity index (χ0) is 13.0. The molecule has 0 aromatic carbocycles. The highest BCUT2D eigenvalue weighted by Crippen LogP contribution is 2.23. The Morgan fingerprint density at radius 1 is 1.44 bits per heavy atom. The van der Waals surface area contributed by atoms with Crippen LogP contribution in [0.3, 0.4) is 0 Å². The Bertz CT molecular complexity index is 432. The van der Waals surface area contributed by atoms with Gasteiger partial charge >= 0.3 is 5.97 Å². The average Bonchev–Trinajstić information content (AvgIpc) is 2.86. The maximum Gasteiger partial charge on any atom is 0.307 e. The summed E-state index contributed by atoms with van der Waals surface area (Å²) in [5.41, 5.74) is 2.60. The van der Waals surface area contributed by atoms with Crippen LogP contribution >= 0.6 is 0 Å². The Morgan fingerprint density at radius 3 is 3.00 bits per heavy atom. The molecule has 0 spiro atoms. The molecule has 0 saturated carbocycles. The molecule has 1 aromatic heterocycles. The maximum absolute atomic E-state index is 11.2. The number of fused-ring (bicyclic) bond motifs is 1. The predicted molar refractivity (Wildman–Crippen MR) is 70.8 cm³/mol. The molecule has 2 rings (SSSR count). The summed E-state index contributed by atoms with van der Waals surface area (Å²) in [6.07, 6.45) is 3.85. The summed E-state index contributed by atoms with van der Waals surface area (Å²) < 4.78 is 4.67. The number of hydrogen-bond donors (Lipinski definition) is 0. The lowest BCUT2D eigenvalue weighted by molar-refractivity contribution is -0.140. The van der Waals surface area contributed by atoms with Gasteiger partial charge in [-0.25, -0.2) is 4.98 Å². The van der Waals surface area contributed by atoms with E-state index in [0.717, 1.165) is 25.2 Å². The summed E-state index contributed by atoms with van der Waals surface area (Å²) in [6.45, 7) is 3.59. The number of methoxy groups -OCH3 is 1. The van der Waals surface area contributed by atoms with E-state index in [1.54, 1.807) is 0 Å². The zero-order valence-electron chi connectivity index (χ0n) is 11.1. The summed E-state index contributed by atoms with van der Waals surface area (Å²) in [4.78, 5) is 18.0. The van der Waals surface area contributed by atoms with E-state index in [0.29, 0.717) is 13.0 Å². The number of hydrogen-bond acceptors (Lipinski definition) is 4. The fourth-order valence-electron chi connectivity index (χ4n) is 2.35. The van der Waals surface area contributed by atoms with Crippen molar-refractivity contribution in [2.24, 2.45) is 0 Å². The van der Waals surface area contributed by atoms with Crippen molar-refractivity contribution in [1.29, 1.82) is 0 Å². The van der Waals surface area contributed by atoms with E-state index >= 15 is 0 Å². The second kappa shape index (κ2) is 5.85. The van der Waals surface area contributed by atoms with Crippen molar-refractivity contribution in [3.63, 3.8) is 0 Å². The molecule has 0 radical (unpaired) electrons. The molecule has 0 amide bonds. The minimum absolute atomic E-state index is 0.172. The molecule has 0 N–H and O–H groups in total. The van der Waals surface area contributed by atoms with Gasteiger partial charge in [-0.15, -0.1) is 0 Å². The lowest BCUT2D eigenvalue weighted by Gasteiger charge is -2.22. The molecule has 4 heteroatoms. The van der Waals surface area contributed by atoms with Crippen LogP contribution in [0.25, 0.3) is 0 Å². The van der Waals surface area contributed by atoms with E-state index in [-0.39, 0.29) is 5.97 Å². The van der Waals surface area contributed by atoms with Crippen LogP contribution < -0.4 is 4.90 Å². The van der Waals surface area contributed by atoms with Crippen molar-refractivity contribution in [2.45, 2.75) is 32.6 Å². The Morgan fingerprint density at radius 2 is 2.28 bits per heavy atom. The third kappa shape index (κ3) is 2.81. The van der Waals surface area contributed by atoms with Gasteiger partial charge in [0, 0.05) is 18.8 Å². The number of aryl methyl sites for hydroxylation is 2. The summed E-state index contributed by atoms with van der Waals surface area (Å²) in [7, 11) is 1.42. The molecule has 0 saturated heterocycles. The first-order valence-electron chi connectivity index (χ1n) is 6.55. The van der Waals surface area contributed by atoms with Crippen LogP contribution in [0.4, 0.5) is 5.82 Å². The van der Waals surface area contributed by atoms with Crippen molar-refractivity contribution >= 4 is 11.8 Å². The van der Waals surface area contributed by atoms with Crippen LogP contribution in [0.5, 0.6) is 0 Å². The number of pyridine rings is 1. The molecule has 98 valence electrons. The Balaban J connectivity index is 2.05. The highest BCUT2D eigenvalue weighted by molar-refractivity contribution is 5.69. The molecule has 0 unspecified atom stereocenters. The van der Waals surface area contributed by atoms with E-state index in [4.69, 9.17) is 4.98 Å². The molecular weight excluding hydrogens is 228 g/mol. The number of nitrogens with zero attached hydrogens (tertiary/aromatic N) is 2. The SMILES string of the molecule is CCN(CCC(=O)OC)c1ccc2c(n1)CCC2. The van der Waals surface area contributed by atoms with Gasteiger partial charge in [0.25, 0.3) is 0 Å². The van der Waals surface area contributed by atoms with Gasteiger partial charge in [0.1, 0.15) is 5.82 Å². The van der Waals surface area contributed by atoms with E-state index in [1.807, 2.05) is 0 Å². The molecule has 18 heavy (non-hydrogen) atoms. The molecule has 0 atom stereocenters. The van der Waals surface area contributed by atoms with Crippen LogP contribution in [-0.4, -0.2) is 31.2 Å². The molecule has 0 bridgehead atoms. The Kier molecular flexibility index (Phi) is 4.18. The number of carbonyl (C=O) groups is 1. The van der Waals surface area contributed by atoms with Crippen molar-refractivity contribution in [3.05, 3.63) is 23.4 Å². The average molecular weight is 248 g/mol. The summed E-state index contributed by atoms with van der Waals surface area (Å²) in [5, 5.41) is 0. The summed E-state index contributed by atoms with van der Waals surface area (Å²) in [5.74, 6) is 0.802. The molecule has 1 aliphatic carbocycles. The molecule has 1 aromatic rings. The molecule has 0 fully saturated rings. The standard InChI is InChI=1S/C14H20N2O2/c1-3-16(10-9-14(17)18-2)13-8-7-11-5-4-6-12(11)15-13/h7-8H,3-6,9-10H2,1-2H3. The number of esters is 1. The first-order valence-corrected chi connectivity index (χ1v) is 6.55. The molecule has 4 nitrogen and oxygen atoms in total. The number of rotatable bonds is 5. The van der Waals surface area contributed by atoms with Crippen LogP contribution in [-0.2, 0) is 22.4 Å². The van der Waals surface area contributed by atoms with E-state index in [9.17, 15) is 4.79 Å². The van der Waals surface area contributed by atoms with Gasteiger partial charge in [-0.1, -0.05) is 6.07 Å². The molecule has 1 aliphatic rings. The lowest BCUT2D eigenvalue weighted by Crippen LogP contribution is -2.27. The first kappa shape index (κ1) is 12.9. The van der Waals surface area contributed by atoms with Gasteiger partial charge in [0.05, 0.1) is 13.5 Å². The van der Waals surface area contributed by atoms with Crippen molar-refractivity contribution in [1.82, 2.24) is 4.98 Å². The third-order valence-corrected chi connectivity index (χ3v) is 3.43. The number of ether oxygens (including phenoxy) is 1. The monoisotopic (exact) mass is 248 g/mol. The lowest BCUT2D eigenvalue weighted by atomic mass is 10.2. The van der Waals surface area contributed by atoms with Crippen LogP contribution in [0.15, 0.2) is 12.1 Å². The van der Waals surface area contributed by atoms with Gasteiger partial charge < -0.3 is 9.64 Å². The van der Waals surface area contributed by atoms with E-state index < -0.39 is 0 Å². The fourth-order valence-corrected chi connectivity index (χ4v) is 2.35. The van der Waals surface area contributed by atoms with Crippen molar-refractivity contribution < 1.29 is 9.53 Å². The second-order valence-electron chi connectivity index (χ2n) is 4.53. The van der Waals surface area contributed by atoms with Crippen LogP contribution in [0.1, 0.15) is 31.0 Å². The van der Waals surface area contributed by atoms with Crippen LogP contribution in [0.2, 0.25) is 0 Å². The number of carbonyl (C=O) groups excluding carboxylic acids is 1. The highest BCUT2D eigenvalue weighted by atomic mass is 16.5. The Hall–Kier alpha value is -1.58. The first-order chi connectivity index (χ1) is 8.74. The predicted octanol–water partition coefficient (Wildman–Crippen LogP) is 1.96. The molecule has 0 aliphatic heterocycles. The van der Waals surface area contributed by atoms with Gasteiger partial charge in [0.2, 0.25) is 0 Å². The Labute approximate surface area is 108 Å². The summed E-state index contributed by atoms with van der Waals surface area (Å²) >= 11 is 0. The normalized spacial score (nSPS) is 13.2. The van der Waals surface area contributed by atoms with Crippen molar-refractivity contribution in [3.8, 4) is 0 Å². The molecule has 1 heterocycles. The second-order valence-corrected chi connectivity index (χ2v) is 4.53. The zero-order valence-corrected chi connectivity index (χ0v) is 11.1. The largest absolute Gasteiger partial charge is 0.469 e. The van der Waals surface area contributed by atoms with Gasteiger partial charge in [-0.05, 0) is 37.8 Å². The van der Waals surface area contributed by atoms with Gasteiger partial charge in [-0.3, -0.25) is 4.79 Å². The number of anilines is 1. The van der Waals surface area contributed by atoms with Gasteiger partial charge in [0.15, 0.2) is 0 Å².